The minimum atomic E-state index is -0.954. The highest BCUT2D eigenvalue weighted by molar-refractivity contribution is 5.86. The minimum Gasteiger partial charge on any atom is -0.477 e. The second kappa shape index (κ2) is 7.11. The summed E-state index contributed by atoms with van der Waals surface area (Å²) in [6.07, 6.45) is 2.66. The molecule has 1 atom stereocenters. The fourth-order valence-electron chi connectivity index (χ4n) is 1.87. The SMILES string of the molecule is CCC(C)CN(CC)Cc1cccnc1C(=O)O. The molecule has 4 heteroatoms. The Hall–Kier alpha value is -1.42. The van der Waals surface area contributed by atoms with Gasteiger partial charge < -0.3 is 5.11 Å². The molecule has 0 amide bonds. The van der Waals surface area contributed by atoms with Gasteiger partial charge in [0.25, 0.3) is 0 Å². The van der Waals surface area contributed by atoms with Crippen molar-refractivity contribution in [2.45, 2.75) is 33.7 Å². The molecule has 1 aromatic heterocycles. The van der Waals surface area contributed by atoms with Crippen LogP contribution in [0, 0.1) is 5.92 Å². The molecule has 0 aliphatic carbocycles. The summed E-state index contributed by atoms with van der Waals surface area (Å²) >= 11 is 0. The van der Waals surface area contributed by atoms with Crippen molar-refractivity contribution < 1.29 is 9.90 Å². The zero-order chi connectivity index (χ0) is 13.5. The molecule has 1 unspecified atom stereocenters. The van der Waals surface area contributed by atoms with Crippen LogP contribution in [0.25, 0.3) is 0 Å². The summed E-state index contributed by atoms with van der Waals surface area (Å²) in [4.78, 5) is 17.3. The Morgan fingerprint density at radius 2 is 2.22 bits per heavy atom. The molecule has 1 N–H and O–H groups in total. The number of carboxylic acids is 1. The molecular weight excluding hydrogens is 228 g/mol. The third-order valence-corrected chi connectivity index (χ3v) is 3.20. The van der Waals surface area contributed by atoms with Crippen LogP contribution in [0.4, 0.5) is 0 Å². The average Bonchev–Trinajstić information content (AvgIpc) is 2.38. The highest BCUT2D eigenvalue weighted by Gasteiger charge is 2.14. The molecule has 4 nitrogen and oxygen atoms in total. The fourth-order valence-corrected chi connectivity index (χ4v) is 1.87. The first-order valence-corrected chi connectivity index (χ1v) is 6.48. The summed E-state index contributed by atoms with van der Waals surface area (Å²) in [7, 11) is 0. The number of aromatic nitrogens is 1. The molecule has 0 radical (unpaired) electrons. The first kappa shape index (κ1) is 14.6. The molecule has 1 heterocycles. The Morgan fingerprint density at radius 3 is 2.78 bits per heavy atom. The molecule has 0 fully saturated rings. The maximum Gasteiger partial charge on any atom is 0.354 e. The van der Waals surface area contributed by atoms with Crippen LogP contribution >= 0.6 is 0 Å². The fraction of sp³-hybridized carbons (Fsp3) is 0.571. The molecule has 100 valence electrons. The van der Waals surface area contributed by atoms with E-state index in [1.807, 2.05) is 6.07 Å². The number of hydrogen-bond acceptors (Lipinski definition) is 3. The van der Waals surface area contributed by atoms with Crippen LogP contribution in [0.3, 0.4) is 0 Å². The Bertz CT molecular complexity index is 393. The molecule has 18 heavy (non-hydrogen) atoms. The van der Waals surface area contributed by atoms with Crippen LogP contribution < -0.4 is 0 Å². The van der Waals surface area contributed by atoms with Crippen LogP contribution in [0.2, 0.25) is 0 Å². The summed E-state index contributed by atoms with van der Waals surface area (Å²) < 4.78 is 0. The standard InChI is InChI=1S/C14H22N2O2/c1-4-11(3)9-16(5-2)10-12-7-6-8-15-13(12)14(17)18/h6-8,11H,4-5,9-10H2,1-3H3,(H,17,18). The zero-order valence-electron chi connectivity index (χ0n) is 11.4. The second-order valence-corrected chi connectivity index (χ2v) is 4.66. The third-order valence-electron chi connectivity index (χ3n) is 3.20. The quantitative estimate of drug-likeness (QED) is 0.808. The van der Waals surface area contributed by atoms with Gasteiger partial charge in [-0.1, -0.05) is 33.3 Å². The van der Waals surface area contributed by atoms with E-state index in [2.05, 4.69) is 30.7 Å². The third kappa shape index (κ3) is 4.11. The van der Waals surface area contributed by atoms with Gasteiger partial charge >= 0.3 is 5.97 Å². The molecule has 0 saturated heterocycles. The van der Waals surface area contributed by atoms with Gasteiger partial charge in [-0.3, -0.25) is 4.90 Å². The number of pyridine rings is 1. The first-order chi connectivity index (χ1) is 8.58. The lowest BCUT2D eigenvalue weighted by atomic mass is 10.1. The molecule has 0 bridgehead atoms. The van der Waals surface area contributed by atoms with Gasteiger partial charge in [0.2, 0.25) is 0 Å². The van der Waals surface area contributed by atoms with E-state index in [9.17, 15) is 4.79 Å². The van der Waals surface area contributed by atoms with Gasteiger partial charge in [-0.05, 0) is 24.1 Å². The van der Waals surface area contributed by atoms with Crippen molar-refractivity contribution in [1.29, 1.82) is 0 Å². The van der Waals surface area contributed by atoms with Gasteiger partial charge in [-0.25, -0.2) is 9.78 Å². The Kier molecular flexibility index (Phi) is 5.78. The van der Waals surface area contributed by atoms with E-state index < -0.39 is 5.97 Å². The van der Waals surface area contributed by atoms with Crippen LogP contribution in [0.1, 0.15) is 43.2 Å². The lowest BCUT2D eigenvalue weighted by Gasteiger charge is -2.24. The van der Waals surface area contributed by atoms with Crippen LogP contribution in [-0.4, -0.2) is 34.0 Å². The van der Waals surface area contributed by atoms with Gasteiger partial charge in [-0.15, -0.1) is 0 Å². The van der Waals surface area contributed by atoms with Gasteiger partial charge in [0, 0.05) is 19.3 Å². The van der Waals surface area contributed by atoms with E-state index in [1.54, 1.807) is 6.07 Å². The monoisotopic (exact) mass is 250 g/mol. The number of nitrogens with zero attached hydrogens (tertiary/aromatic N) is 2. The maximum atomic E-state index is 11.1. The Balaban J connectivity index is 2.78. The molecule has 0 saturated carbocycles. The topological polar surface area (TPSA) is 53.4 Å². The van der Waals surface area contributed by atoms with Crippen molar-refractivity contribution in [3.8, 4) is 0 Å². The van der Waals surface area contributed by atoms with E-state index in [4.69, 9.17) is 5.11 Å². The molecule has 0 aliphatic rings. The number of rotatable bonds is 7. The van der Waals surface area contributed by atoms with Crippen LogP contribution in [0.15, 0.2) is 18.3 Å². The van der Waals surface area contributed by atoms with E-state index in [1.165, 1.54) is 6.20 Å². The Labute approximate surface area is 109 Å². The van der Waals surface area contributed by atoms with Crippen molar-refractivity contribution in [1.82, 2.24) is 9.88 Å². The zero-order valence-corrected chi connectivity index (χ0v) is 11.4. The number of carboxylic acid groups (broad SMARTS) is 1. The van der Waals surface area contributed by atoms with E-state index in [0.29, 0.717) is 12.5 Å². The molecular formula is C14H22N2O2. The Morgan fingerprint density at radius 1 is 1.50 bits per heavy atom. The van der Waals surface area contributed by atoms with Gasteiger partial charge in [0.1, 0.15) is 0 Å². The average molecular weight is 250 g/mol. The largest absolute Gasteiger partial charge is 0.477 e. The van der Waals surface area contributed by atoms with Crippen LogP contribution in [-0.2, 0) is 6.54 Å². The van der Waals surface area contributed by atoms with Gasteiger partial charge in [0.15, 0.2) is 5.69 Å². The number of carbonyl (C=O) groups is 1. The van der Waals surface area contributed by atoms with Crippen molar-refractivity contribution in [3.63, 3.8) is 0 Å². The highest BCUT2D eigenvalue weighted by atomic mass is 16.4. The van der Waals surface area contributed by atoms with Crippen LogP contribution in [0.5, 0.6) is 0 Å². The second-order valence-electron chi connectivity index (χ2n) is 4.66. The lowest BCUT2D eigenvalue weighted by molar-refractivity contribution is 0.0687. The molecule has 1 aromatic rings. The highest BCUT2D eigenvalue weighted by Crippen LogP contribution is 2.12. The van der Waals surface area contributed by atoms with Crippen molar-refractivity contribution >= 4 is 5.97 Å². The first-order valence-electron chi connectivity index (χ1n) is 6.48. The van der Waals surface area contributed by atoms with Gasteiger partial charge in [0.05, 0.1) is 0 Å². The summed E-state index contributed by atoms with van der Waals surface area (Å²) in [5.74, 6) is -0.333. The lowest BCUT2D eigenvalue weighted by Crippen LogP contribution is -2.28. The summed E-state index contributed by atoms with van der Waals surface area (Å²) in [6, 6.07) is 3.63. The number of hydrogen-bond donors (Lipinski definition) is 1. The predicted molar refractivity (Wildman–Crippen MR) is 71.6 cm³/mol. The smallest absolute Gasteiger partial charge is 0.354 e. The van der Waals surface area contributed by atoms with Crippen molar-refractivity contribution in [2.75, 3.05) is 13.1 Å². The predicted octanol–water partition coefficient (Wildman–Crippen LogP) is 2.65. The molecule has 0 spiro atoms. The molecule has 0 aliphatic heterocycles. The number of aromatic carboxylic acids is 1. The van der Waals surface area contributed by atoms with E-state index in [-0.39, 0.29) is 5.69 Å². The molecule has 0 aromatic carbocycles. The van der Waals surface area contributed by atoms with Gasteiger partial charge in [-0.2, -0.15) is 0 Å². The van der Waals surface area contributed by atoms with Crippen molar-refractivity contribution in [3.05, 3.63) is 29.6 Å². The van der Waals surface area contributed by atoms with Crippen molar-refractivity contribution in [2.24, 2.45) is 5.92 Å². The minimum absolute atomic E-state index is 0.167. The normalized spacial score (nSPS) is 12.7. The molecule has 1 rings (SSSR count). The van der Waals surface area contributed by atoms with E-state index >= 15 is 0 Å². The van der Waals surface area contributed by atoms with E-state index in [0.717, 1.165) is 25.1 Å². The summed E-state index contributed by atoms with van der Waals surface area (Å²) in [5, 5.41) is 9.10. The maximum absolute atomic E-state index is 11.1. The summed E-state index contributed by atoms with van der Waals surface area (Å²) in [5.41, 5.74) is 0.954. The summed E-state index contributed by atoms with van der Waals surface area (Å²) in [6.45, 7) is 9.03.